The molecule has 0 aliphatic carbocycles. The van der Waals surface area contributed by atoms with Gasteiger partial charge in [-0.15, -0.1) is 0 Å². The lowest BCUT2D eigenvalue weighted by Gasteiger charge is -2.19. The van der Waals surface area contributed by atoms with Gasteiger partial charge in [-0.25, -0.2) is 9.97 Å². The molecule has 6 nitrogen and oxygen atoms in total. The molecule has 2 rings (SSSR count). The minimum absolute atomic E-state index is 0.0274. The van der Waals surface area contributed by atoms with E-state index in [9.17, 15) is 4.79 Å². The summed E-state index contributed by atoms with van der Waals surface area (Å²) in [5.41, 5.74) is 0.415. The van der Waals surface area contributed by atoms with E-state index in [0.717, 1.165) is 32.6 Å². The fraction of sp³-hybridized carbons (Fsp3) is 0.583. The molecule has 0 bridgehead atoms. The van der Waals surface area contributed by atoms with Gasteiger partial charge in [0, 0.05) is 26.7 Å². The molecule has 0 radical (unpaired) electrons. The summed E-state index contributed by atoms with van der Waals surface area (Å²) in [6, 6.07) is 0. The van der Waals surface area contributed by atoms with Crippen LogP contribution in [0.4, 0.5) is 5.82 Å². The van der Waals surface area contributed by atoms with Crippen molar-refractivity contribution in [2.24, 2.45) is 0 Å². The molecule has 0 saturated carbocycles. The quantitative estimate of drug-likeness (QED) is 0.816. The molecule has 1 fully saturated rings. The number of aromatic nitrogens is 2. The summed E-state index contributed by atoms with van der Waals surface area (Å²) in [5.74, 6) is 0.641. The number of carbonyl (C=O) groups excluding carboxylic acids is 1. The molecule has 0 unspecified atom stereocenters. The van der Waals surface area contributed by atoms with Crippen LogP contribution in [0, 0.1) is 0 Å². The molecule has 2 heterocycles. The average Bonchev–Trinajstić information content (AvgIpc) is 2.63. The molecule has 0 atom stereocenters. The average molecular weight is 249 g/mol. The van der Waals surface area contributed by atoms with Crippen molar-refractivity contribution < 1.29 is 4.79 Å². The second-order valence-corrected chi connectivity index (χ2v) is 4.49. The Bertz CT molecular complexity index is 405. The zero-order chi connectivity index (χ0) is 13.0. The van der Waals surface area contributed by atoms with E-state index in [0.29, 0.717) is 11.5 Å². The molecule has 1 amide bonds. The van der Waals surface area contributed by atoms with Gasteiger partial charge in [0.05, 0.1) is 12.4 Å². The van der Waals surface area contributed by atoms with Crippen molar-refractivity contribution in [2.45, 2.75) is 6.42 Å². The van der Waals surface area contributed by atoms with E-state index >= 15 is 0 Å². The molecule has 1 N–H and O–H groups in total. The Balaban J connectivity index is 2.05. The van der Waals surface area contributed by atoms with Crippen molar-refractivity contribution in [1.82, 2.24) is 19.8 Å². The number of anilines is 1. The van der Waals surface area contributed by atoms with Crippen molar-refractivity contribution in [2.75, 3.05) is 45.6 Å². The first-order chi connectivity index (χ1) is 8.70. The Morgan fingerprint density at radius 1 is 1.22 bits per heavy atom. The van der Waals surface area contributed by atoms with Crippen LogP contribution >= 0.6 is 0 Å². The Kier molecular flexibility index (Phi) is 4.09. The van der Waals surface area contributed by atoms with Crippen molar-refractivity contribution >= 4 is 11.7 Å². The topological polar surface area (TPSA) is 61.4 Å². The standard InChI is InChI=1S/C12H19N5O/c1-13-11-9-14-10(8-15-11)12(18)17-5-3-4-16(2)6-7-17/h8-9H,3-7H2,1-2H3,(H,13,15). The van der Waals surface area contributed by atoms with Gasteiger partial charge >= 0.3 is 0 Å². The number of nitrogens with zero attached hydrogens (tertiary/aromatic N) is 4. The second kappa shape index (κ2) is 5.77. The van der Waals surface area contributed by atoms with Crippen molar-refractivity contribution in [3.8, 4) is 0 Å². The fourth-order valence-corrected chi connectivity index (χ4v) is 1.98. The van der Waals surface area contributed by atoms with E-state index in [1.807, 2.05) is 4.90 Å². The number of nitrogens with one attached hydrogen (secondary N) is 1. The Labute approximate surface area is 107 Å². The van der Waals surface area contributed by atoms with Gasteiger partial charge in [-0.3, -0.25) is 4.79 Å². The predicted molar refractivity (Wildman–Crippen MR) is 69.6 cm³/mol. The van der Waals surface area contributed by atoms with Gasteiger partial charge in [0.15, 0.2) is 0 Å². The Morgan fingerprint density at radius 3 is 2.72 bits per heavy atom. The van der Waals surface area contributed by atoms with E-state index < -0.39 is 0 Å². The maximum absolute atomic E-state index is 12.2. The first-order valence-corrected chi connectivity index (χ1v) is 6.18. The molecule has 0 spiro atoms. The van der Waals surface area contributed by atoms with Gasteiger partial charge in [0.1, 0.15) is 11.5 Å². The number of carbonyl (C=O) groups is 1. The maximum atomic E-state index is 12.2. The van der Waals surface area contributed by atoms with Crippen molar-refractivity contribution in [3.63, 3.8) is 0 Å². The highest BCUT2D eigenvalue weighted by Crippen LogP contribution is 2.07. The van der Waals surface area contributed by atoms with E-state index in [1.54, 1.807) is 13.2 Å². The van der Waals surface area contributed by atoms with E-state index in [-0.39, 0.29) is 5.91 Å². The number of likely N-dealkylation sites (N-methyl/N-ethyl adjacent to an activating group) is 1. The molecule has 0 aromatic carbocycles. The van der Waals surface area contributed by atoms with Crippen LogP contribution in [0.1, 0.15) is 16.9 Å². The maximum Gasteiger partial charge on any atom is 0.274 e. The van der Waals surface area contributed by atoms with E-state index in [4.69, 9.17) is 0 Å². The summed E-state index contributed by atoms with van der Waals surface area (Å²) in [6.07, 6.45) is 4.12. The monoisotopic (exact) mass is 249 g/mol. The van der Waals surface area contributed by atoms with Gasteiger partial charge < -0.3 is 15.1 Å². The number of hydrogen-bond donors (Lipinski definition) is 1. The fourth-order valence-electron chi connectivity index (χ4n) is 1.98. The molecule has 1 saturated heterocycles. The smallest absolute Gasteiger partial charge is 0.274 e. The molecule has 1 aromatic heterocycles. The highest BCUT2D eigenvalue weighted by Gasteiger charge is 2.19. The molecule has 1 aromatic rings. The largest absolute Gasteiger partial charge is 0.372 e. The molecule has 1 aliphatic heterocycles. The summed E-state index contributed by atoms with van der Waals surface area (Å²) < 4.78 is 0. The third-order valence-corrected chi connectivity index (χ3v) is 3.13. The lowest BCUT2D eigenvalue weighted by molar-refractivity contribution is 0.0756. The van der Waals surface area contributed by atoms with Gasteiger partial charge in [0.2, 0.25) is 0 Å². The summed E-state index contributed by atoms with van der Waals surface area (Å²) >= 11 is 0. The second-order valence-electron chi connectivity index (χ2n) is 4.49. The van der Waals surface area contributed by atoms with E-state index in [1.165, 1.54) is 6.20 Å². The normalized spacial score (nSPS) is 17.3. The van der Waals surface area contributed by atoms with E-state index in [2.05, 4.69) is 27.2 Å². The zero-order valence-electron chi connectivity index (χ0n) is 10.9. The minimum atomic E-state index is -0.0274. The van der Waals surface area contributed by atoms with Crippen LogP contribution in [0.15, 0.2) is 12.4 Å². The van der Waals surface area contributed by atoms with Crippen LogP contribution in [-0.2, 0) is 0 Å². The van der Waals surface area contributed by atoms with Crippen LogP contribution in [0.2, 0.25) is 0 Å². The first kappa shape index (κ1) is 12.8. The van der Waals surface area contributed by atoms with Crippen molar-refractivity contribution in [3.05, 3.63) is 18.1 Å². The predicted octanol–water partition coefficient (Wildman–Crippen LogP) is 0.296. The van der Waals surface area contributed by atoms with Crippen LogP contribution in [0.3, 0.4) is 0 Å². The van der Waals surface area contributed by atoms with Gasteiger partial charge in [-0.1, -0.05) is 0 Å². The van der Waals surface area contributed by atoms with Gasteiger partial charge in [-0.05, 0) is 20.0 Å². The molecule has 1 aliphatic rings. The lowest BCUT2D eigenvalue weighted by Crippen LogP contribution is -2.35. The number of amides is 1. The van der Waals surface area contributed by atoms with Crippen LogP contribution < -0.4 is 5.32 Å². The third-order valence-electron chi connectivity index (χ3n) is 3.13. The number of hydrogen-bond acceptors (Lipinski definition) is 5. The first-order valence-electron chi connectivity index (χ1n) is 6.18. The Hall–Kier alpha value is -1.69. The molecular weight excluding hydrogens is 230 g/mol. The highest BCUT2D eigenvalue weighted by molar-refractivity contribution is 5.92. The number of rotatable bonds is 2. The van der Waals surface area contributed by atoms with Crippen LogP contribution in [0.5, 0.6) is 0 Å². The third kappa shape index (κ3) is 2.95. The molecule has 98 valence electrons. The summed E-state index contributed by atoms with van der Waals surface area (Å²) in [6.45, 7) is 3.49. The van der Waals surface area contributed by atoms with Crippen molar-refractivity contribution in [1.29, 1.82) is 0 Å². The Morgan fingerprint density at radius 2 is 2.06 bits per heavy atom. The summed E-state index contributed by atoms with van der Waals surface area (Å²) in [4.78, 5) is 24.6. The molecule has 6 heteroatoms. The van der Waals surface area contributed by atoms with Gasteiger partial charge in [0.25, 0.3) is 5.91 Å². The van der Waals surface area contributed by atoms with Crippen LogP contribution in [0.25, 0.3) is 0 Å². The minimum Gasteiger partial charge on any atom is -0.372 e. The lowest BCUT2D eigenvalue weighted by atomic mass is 10.3. The zero-order valence-corrected chi connectivity index (χ0v) is 10.9. The SMILES string of the molecule is CNc1cnc(C(=O)N2CCCN(C)CC2)cn1. The highest BCUT2D eigenvalue weighted by atomic mass is 16.2. The summed E-state index contributed by atoms with van der Waals surface area (Å²) in [7, 11) is 3.85. The molecule has 18 heavy (non-hydrogen) atoms. The van der Waals surface area contributed by atoms with Crippen LogP contribution in [-0.4, -0.2) is 65.9 Å². The molecular formula is C12H19N5O. The summed E-state index contributed by atoms with van der Waals surface area (Å²) in [5, 5.41) is 2.88. The van der Waals surface area contributed by atoms with Gasteiger partial charge in [-0.2, -0.15) is 0 Å².